The minimum absolute atomic E-state index is 0.0383. The molecule has 0 aliphatic carbocycles. The number of hydrogen-bond donors (Lipinski definition) is 2. The molecule has 0 aromatic rings. The van der Waals surface area contributed by atoms with Crippen LogP contribution in [0.5, 0.6) is 0 Å². The van der Waals surface area contributed by atoms with Gasteiger partial charge in [-0.25, -0.2) is 0 Å². The van der Waals surface area contributed by atoms with Gasteiger partial charge in [-0.15, -0.1) is 0 Å². The van der Waals surface area contributed by atoms with Gasteiger partial charge in [0.1, 0.15) is 0 Å². The van der Waals surface area contributed by atoms with Crippen LogP contribution in [-0.2, 0) is 9.59 Å². The molecule has 0 saturated carbocycles. The van der Waals surface area contributed by atoms with Crippen molar-refractivity contribution in [3.05, 3.63) is 0 Å². The van der Waals surface area contributed by atoms with E-state index in [1.807, 2.05) is 4.90 Å². The molecule has 0 aromatic carbocycles. The lowest BCUT2D eigenvalue weighted by Gasteiger charge is -2.31. The SMILES string of the molecule is NC(=O)C1CCN(C(=O)CC2CCCN2)CC1. The van der Waals surface area contributed by atoms with Gasteiger partial charge in [0.15, 0.2) is 0 Å². The van der Waals surface area contributed by atoms with E-state index in [1.54, 1.807) is 0 Å². The molecule has 17 heavy (non-hydrogen) atoms. The number of hydrogen-bond acceptors (Lipinski definition) is 3. The molecule has 0 bridgehead atoms. The average molecular weight is 239 g/mol. The summed E-state index contributed by atoms with van der Waals surface area (Å²) in [5.41, 5.74) is 5.27. The summed E-state index contributed by atoms with van der Waals surface area (Å²) in [7, 11) is 0. The number of nitrogens with zero attached hydrogens (tertiary/aromatic N) is 1. The van der Waals surface area contributed by atoms with Gasteiger partial charge in [-0.3, -0.25) is 9.59 Å². The number of carbonyl (C=O) groups is 2. The van der Waals surface area contributed by atoms with Gasteiger partial charge in [0, 0.05) is 31.5 Å². The van der Waals surface area contributed by atoms with Crippen molar-refractivity contribution in [3.63, 3.8) is 0 Å². The highest BCUT2D eigenvalue weighted by atomic mass is 16.2. The first kappa shape index (κ1) is 12.4. The number of likely N-dealkylation sites (tertiary alicyclic amines) is 1. The Balaban J connectivity index is 1.75. The Hall–Kier alpha value is -1.10. The van der Waals surface area contributed by atoms with E-state index >= 15 is 0 Å². The lowest BCUT2D eigenvalue weighted by molar-refractivity contribution is -0.135. The number of amides is 2. The van der Waals surface area contributed by atoms with E-state index in [9.17, 15) is 9.59 Å². The molecule has 0 aromatic heterocycles. The third-order valence-electron chi connectivity index (χ3n) is 3.83. The molecule has 1 atom stereocenters. The van der Waals surface area contributed by atoms with Crippen molar-refractivity contribution in [3.8, 4) is 0 Å². The van der Waals surface area contributed by atoms with Crippen LogP contribution in [0.25, 0.3) is 0 Å². The van der Waals surface area contributed by atoms with Crippen LogP contribution in [0.4, 0.5) is 0 Å². The minimum Gasteiger partial charge on any atom is -0.369 e. The zero-order chi connectivity index (χ0) is 12.3. The number of primary amides is 1. The van der Waals surface area contributed by atoms with E-state index in [1.165, 1.54) is 6.42 Å². The lowest BCUT2D eigenvalue weighted by atomic mass is 9.96. The van der Waals surface area contributed by atoms with Gasteiger partial charge < -0.3 is 16.0 Å². The van der Waals surface area contributed by atoms with Crippen LogP contribution in [0.15, 0.2) is 0 Å². The van der Waals surface area contributed by atoms with E-state index < -0.39 is 0 Å². The smallest absolute Gasteiger partial charge is 0.224 e. The van der Waals surface area contributed by atoms with Gasteiger partial charge in [-0.2, -0.15) is 0 Å². The highest BCUT2D eigenvalue weighted by Crippen LogP contribution is 2.18. The summed E-state index contributed by atoms with van der Waals surface area (Å²) in [6.07, 6.45) is 4.31. The van der Waals surface area contributed by atoms with Crippen LogP contribution in [0.3, 0.4) is 0 Å². The van der Waals surface area contributed by atoms with Gasteiger partial charge in [0.05, 0.1) is 0 Å². The van der Waals surface area contributed by atoms with Crippen molar-refractivity contribution >= 4 is 11.8 Å². The molecule has 2 saturated heterocycles. The Morgan fingerprint density at radius 3 is 2.47 bits per heavy atom. The summed E-state index contributed by atoms with van der Waals surface area (Å²) in [5.74, 6) is -0.0504. The van der Waals surface area contributed by atoms with Crippen molar-refractivity contribution < 1.29 is 9.59 Å². The third kappa shape index (κ3) is 3.19. The molecular formula is C12H21N3O2. The molecule has 2 amide bonds. The molecule has 2 aliphatic heterocycles. The Bertz CT molecular complexity index is 292. The molecule has 3 N–H and O–H groups in total. The van der Waals surface area contributed by atoms with Gasteiger partial charge in [0.2, 0.25) is 11.8 Å². The number of nitrogens with one attached hydrogen (secondary N) is 1. The first-order valence-electron chi connectivity index (χ1n) is 6.47. The first-order chi connectivity index (χ1) is 8.16. The summed E-state index contributed by atoms with van der Waals surface area (Å²) < 4.78 is 0. The van der Waals surface area contributed by atoms with Crippen LogP contribution in [0.1, 0.15) is 32.1 Å². The molecule has 2 heterocycles. The predicted octanol–water partition coefficient (Wildman–Crippen LogP) is -0.148. The van der Waals surface area contributed by atoms with Crippen molar-refractivity contribution in [1.29, 1.82) is 0 Å². The van der Waals surface area contributed by atoms with Crippen molar-refractivity contribution in [2.75, 3.05) is 19.6 Å². The summed E-state index contributed by atoms with van der Waals surface area (Å²) in [6.45, 7) is 2.39. The molecule has 96 valence electrons. The van der Waals surface area contributed by atoms with Gasteiger partial charge in [-0.05, 0) is 32.2 Å². The van der Waals surface area contributed by atoms with E-state index in [-0.39, 0.29) is 17.7 Å². The van der Waals surface area contributed by atoms with Crippen LogP contribution in [0, 0.1) is 5.92 Å². The van der Waals surface area contributed by atoms with E-state index in [0.717, 1.165) is 25.8 Å². The Morgan fingerprint density at radius 1 is 1.24 bits per heavy atom. The zero-order valence-corrected chi connectivity index (χ0v) is 10.2. The van der Waals surface area contributed by atoms with E-state index in [0.29, 0.717) is 25.6 Å². The van der Waals surface area contributed by atoms with Crippen molar-refractivity contribution in [1.82, 2.24) is 10.2 Å². The second-order valence-corrected chi connectivity index (χ2v) is 5.05. The lowest BCUT2D eigenvalue weighted by Crippen LogP contribution is -2.43. The molecule has 5 heteroatoms. The molecule has 0 radical (unpaired) electrons. The number of piperidine rings is 1. The predicted molar refractivity (Wildman–Crippen MR) is 64.1 cm³/mol. The topological polar surface area (TPSA) is 75.4 Å². The Morgan fingerprint density at radius 2 is 1.94 bits per heavy atom. The second-order valence-electron chi connectivity index (χ2n) is 5.05. The normalized spacial score (nSPS) is 26.1. The minimum atomic E-state index is -0.227. The number of rotatable bonds is 3. The van der Waals surface area contributed by atoms with E-state index in [2.05, 4.69) is 5.32 Å². The summed E-state index contributed by atoms with van der Waals surface area (Å²) in [6, 6.07) is 0.358. The van der Waals surface area contributed by atoms with Crippen molar-refractivity contribution in [2.24, 2.45) is 11.7 Å². The second kappa shape index (κ2) is 5.49. The fraction of sp³-hybridized carbons (Fsp3) is 0.833. The monoisotopic (exact) mass is 239 g/mol. The molecule has 2 fully saturated rings. The summed E-state index contributed by atoms with van der Waals surface area (Å²) in [5, 5.41) is 3.33. The van der Waals surface area contributed by atoms with Gasteiger partial charge >= 0.3 is 0 Å². The fourth-order valence-corrected chi connectivity index (χ4v) is 2.68. The van der Waals surface area contributed by atoms with Crippen LogP contribution >= 0.6 is 0 Å². The maximum Gasteiger partial charge on any atom is 0.224 e. The molecule has 1 unspecified atom stereocenters. The quantitative estimate of drug-likeness (QED) is 0.719. The Kier molecular flexibility index (Phi) is 3.99. The molecule has 2 aliphatic rings. The maximum absolute atomic E-state index is 12.0. The molecule has 5 nitrogen and oxygen atoms in total. The number of nitrogens with two attached hydrogens (primary N) is 1. The summed E-state index contributed by atoms with van der Waals surface area (Å²) >= 11 is 0. The number of carbonyl (C=O) groups excluding carboxylic acids is 2. The van der Waals surface area contributed by atoms with Crippen LogP contribution in [-0.4, -0.2) is 42.4 Å². The maximum atomic E-state index is 12.0. The van der Waals surface area contributed by atoms with E-state index in [4.69, 9.17) is 5.73 Å². The van der Waals surface area contributed by atoms with Crippen molar-refractivity contribution in [2.45, 2.75) is 38.1 Å². The van der Waals surface area contributed by atoms with Crippen LogP contribution in [0.2, 0.25) is 0 Å². The standard InChI is InChI=1S/C12H21N3O2/c13-12(17)9-3-6-15(7-4-9)11(16)8-10-2-1-5-14-10/h9-10,14H,1-8H2,(H2,13,17). The molecule has 0 spiro atoms. The summed E-state index contributed by atoms with van der Waals surface area (Å²) in [4.78, 5) is 24.9. The fourth-order valence-electron chi connectivity index (χ4n) is 2.68. The molecular weight excluding hydrogens is 218 g/mol. The third-order valence-corrected chi connectivity index (χ3v) is 3.83. The largest absolute Gasteiger partial charge is 0.369 e. The zero-order valence-electron chi connectivity index (χ0n) is 10.2. The van der Waals surface area contributed by atoms with Gasteiger partial charge in [-0.1, -0.05) is 0 Å². The highest BCUT2D eigenvalue weighted by Gasteiger charge is 2.27. The van der Waals surface area contributed by atoms with Gasteiger partial charge in [0.25, 0.3) is 0 Å². The Labute approximate surface area is 102 Å². The molecule has 2 rings (SSSR count). The van der Waals surface area contributed by atoms with Crippen LogP contribution < -0.4 is 11.1 Å². The average Bonchev–Trinajstić information content (AvgIpc) is 2.82. The first-order valence-corrected chi connectivity index (χ1v) is 6.47. The highest BCUT2D eigenvalue weighted by molar-refractivity contribution is 5.79.